The number of pyridine rings is 1. The molecule has 0 radical (unpaired) electrons. The summed E-state index contributed by atoms with van der Waals surface area (Å²) < 4.78 is 10.5. The quantitative estimate of drug-likeness (QED) is 0.788. The molecule has 0 spiro atoms. The molecule has 0 aliphatic heterocycles. The van der Waals surface area contributed by atoms with Gasteiger partial charge >= 0.3 is 0 Å². The van der Waals surface area contributed by atoms with Gasteiger partial charge in [0.05, 0.1) is 14.2 Å². The highest BCUT2D eigenvalue weighted by Gasteiger charge is 2.10. The van der Waals surface area contributed by atoms with Gasteiger partial charge in [-0.25, -0.2) is 4.98 Å². The zero-order chi connectivity index (χ0) is 11.4. The summed E-state index contributed by atoms with van der Waals surface area (Å²) in [5.74, 6) is 1.42. The highest BCUT2D eigenvalue weighted by atomic mass is 16.5. The Morgan fingerprint density at radius 3 is 2.38 bits per heavy atom. The fourth-order valence-corrected chi connectivity index (χ4v) is 1.63. The van der Waals surface area contributed by atoms with Crippen molar-refractivity contribution in [2.75, 3.05) is 14.2 Å². The summed E-state index contributed by atoms with van der Waals surface area (Å²) in [6.45, 7) is 0. The summed E-state index contributed by atoms with van der Waals surface area (Å²) in [4.78, 5) is 4.17. The predicted molar refractivity (Wildman–Crippen MR) is 62.8 cm³/mol. The van der Waals surface area contributed by atoms with Crippen molar-refractivity contribution in [1.82, 2.24) is 4.98 Å². The van der Waals surface area contributed by atoms with Gasteiger partial charge in [-0.3, -0.25) is 0 Å². The normalized spacial score (nSPS) is 9.88. The molecule has 0 fully saturated rings. The van der Waals surface area contributed by atoms with Crippen LogP contribution < -0.4 is 9.47 Å². The van der Waals surface area contributed by atoms with E-state index >= 15 is 0 Å². The number of rotatable bonds is 3. The van der Waals surface area contributed by atoms with E-state index in [2.05, 4.69) is 4.98 Å². The van der Waals surface area contributed by atoms with Gasteiger partial charge < -0.3 is 9.47 Å². The molecule has 1 aromatic carbocycles. The Morgan fingerprint density at radius 1 is 0.875 bits per heavy atom. The molecule has 1 aromatic heterocycles. The number of hydrogen-bond acceptors (Lipinski definition) is 3. The van der Waals surface area contributed by atoms with Crippen molar-refractivity contribution in [1.29, 1.82) is 0 Å². The van der Waals surface area contributed by atoms with Crippen LogP contribution in [0.15, 0.2) is 42.6 Å². The third kappa shape index (κ3) is 1.84. The minimum Gasteiger partial charge on any atom is -0.496 e. The molecule has 0 N–H and O–H groups in total. The average molecular weight is 215 g/mol. The zero-order valence-electron chi connectivity index (χ0n) is 9.31. The predicted octanol–water partition coefficient (Wildman–Crippen LogP) is 2.77. The molecule has 3 heteroatoms. The molecule has 0 saturated carbocycles. The van der Waals surface area contributed by atoms with Crippen LogP contribution >= 0.6 is 0 Å². The Hall–Kier alpha value is -2.03. The second-order valence-electron chi connectivity index (χ2n) is 3.26. The first-order valence-electron chi connectivity index (χ1n) is 4.99. The van der Waals surface area contributed by atoms with Crippen molar-refractivity contribution in [3.05, 3.63) is 42.6 Å². The van der Waals surface area contributed by atoms with Gasteiger partial charge in [-0.2, -0.15) is 0 Å². The van der Waals surface area contributed by atoms with Gasteiger partial charge in [-0.05, 0) is 18.2 Å². The van der Waals surface area contributed by atoms with Gasteiger partial charge in [0.2, 0.25) is 5.88 Å². The van der Waals surface area contributed by atoms with Crippen molar-refractivity contribution in [2.24, 2.45) is 0 Å². The van der Waals surface area contributed by atoms with Crippen molar-refractivity contribution in [3.8, 4) is 22.8 Å². The van der Waals surface area contributed by atoms with Gasteiger partial charge in [-0.1, -0.05) is 18.2 Å². The van der Waals surface area contributed by atoms with E-state index in [4.69, 9.17) is 9.47 Å². The van der Waals surface area contributed by atoms with Crippen LogP contribution in [0.25, 0.3) is 11.1 Å². The lowest BCUT2D eigenvalue weighted by Crippen LogP contribution is -1.93. The van der Waals surface area contributed by atoms with E-state index < -0.39 is 0 Å². The van der Waals surface area contributed by atoms with Crippen LogP contribution in [0.1, 0.15) is 0 Å². The highest BCUT2D eigenvalue weighted by molar-refractivity contribution is 5.74. The van der Waals surface area contributed by atoms with Crippen molar-refractivity contribution in [2.45, 2.75) is 0 Å². The minimum atomic E-state index is 0.604. The number of aromatic nitrogens is 1. The first kappa shape index (κ1) is 10.5. The van der Waals surface area contributed by atoms with E-state index in [1.807, 2.05) is 36.4 Å². The Balaban J connectivity index is 2.58. The highest BCUT2D eigenvalue weighted by Crippen LogP contribution is 2.34. The van der Waals surface area contributed by atoms with E-state index in [1.165, 1.54) is 0 Å². The molecular weight excluding hydrogens is 202 g/mol. The second kappa shape index (κ2) is 4.66. The topological polar surface area (TPSA) is 31.4 Å². The Morgan fingerprint density at radius 2 is 1.62 bits per heavy atom. The van der Waals surface area contributed by atoms with Crippen molar-refractivity contribution < 1.29 is 9.47 Å². The molecule has 0 saturated heterocycles. The molecule has 1 heterocycles. The van der Waals surface area contributed by atoms with Gasteiger partial charge in [0.15, 0.2) is 0 Å². The Kier molecular flexibility index (Phi) is 3.05. The maximum atomic E-state index is 5.32. The third-order valence-corrected chi connectivity index (χ3v) is 2.36. The zero-order valence-corrected chi connectivity index (χ0v) is 9.31. The minimum absolute atomic E-state index is 0.604. The molecule has 0 aliphatic carbocycles. The largest absolute Gasteiger partial charge is 0.496 e. The van der Waals surface area contributed by atoms with Crippen LogP contribution in [-0.4, -0.2) is 19.2 Å². The SMILES string of the molecule is COc1ccccc1-c1cccnc1OC. The van der Waals surface area contributed by atoms with Crippen LogP contribution in [0, 0.1) is 0 Å². The van der Waals surface area contributed by atoms with Crippen LogP contribution in [0.3, 0.4) is 0 Å². The average Bonchev–Trinajstić information content (AvgIpc) is 2.38. The van der Waals surface area contributed by atoms with E-state index in [-0.39, 0.29) is 0 Å². The second-order valence-corrected chi connectivity index (χ2v) is 3.26. The molecule has 2 rings (SSSR count). The van der Waals surface area contributed by atoms with Gasteiger partial charge in [0.1, 0.15) is 5.75 Å². The molecule has 0 aliphatic rings. The molecule has 3 nitrogen and oxygen atoms in total. The lowest BCUT2D eigenvalue weighted by molar-refractivity contribution is 0.397. The molecule has 16 heavy (non-hydrogen) atoms. The molecule has 0 bridgehead atoms. The number of hydrogen-bond donors (Lipinski definition) is 0. The van der Waals surface area contributed by atoms with E-state index in [1.54, 1.807) is 20.4 Å². The molecule has 2 aromatic rings. The smallest absolute Gasteiger partial charge is 0.221 e. The summed E-state index contributed by atoms with van der Waals surface area (Å²) >= 11 is 0. The first-order valence-corrected chi connectivity index (χ1v) is 4.99. The molecule has 0 atom stereocenters. The monoisotopic (exact) mass is 215 g/mol. The van der Waals surface area contributed by atoms with Gasteiger partial charge in [0.25, 0.3) is 0 Å². The maximum Gasteiger partial charge on any atom is 0.221 e. The molecule has 0 unspecified atom stereocenters. The number of ether oxygens (including phenoxy) is 2. The summed E-state index contributed by atoms with van der Waals surface area (Å²) in [6, 6.07) is 11.6. The molecular formula is C13H13NO2. The van der Waals surface area contributed by atoms with Crippen LogP contribution in [0.2, 0.25) is 0 Å². The van der Waals surface area contributed by atoms with Crippen LogP contribution in [-0.2, 0) is 0 Å². The van der Waals surface area contributed by atoms with Crippen molar-refractivity contribution >= 4 is 0 Å². The van der Waals surface area contributed by atoms with Gasteiger partial charge in [-0.15, -0.1) is 0 Å². The fraction of sp³-hybridized carbons (Fsp3) is 0.154. The summed E-state index contributed by atoms with van der Waals surface area (Å²) in [5.41, 5.74) is 1.91. The number of methoxy groups -OCH3 is 2. The summed E-state index contributed by atoms with van der Waals surface area (Å²) in [6.07, 6.45) is 1.71. The lowest BCUT2D eigenvalue weighted by Gasteiger charge is -2.10. The van der Waals surface area contributed by atoms with E-state index in [9.17, 15) is 0 Å². The number of nitrogens with zero attached hydrogens (tertiary/aromatic N) is 1. The van der Waals surface area contributed by atoms with Crippen LogP contribution in [0.4, 0.5) is 0 Å². The molecule has 82 valence electrons. The van der Waals surface area contributed by atoms with Crippen molar-refractivity contribution in [3.63, 3.8) is 0 Å². The van der Waals surface area contributed by atoms with Gasteiger partial charge in [0, 0.05) is 17.3 Å². The van der Waals surface area contributed by atoms with E-state index in [0.29, 0.717) is 5.88 Å². The third-order valence-electron chi connectivity index (χ3n) is 2.36. The maximum absolute atomic E-state index is 5.32. The number of para-hydroxylation sites is 1. The Bertz CT molecular complexity index is 437. The van der Waals surface area contributed by atoms with E-state index in [0.717, 1.165) is 16.9 Å². The first-order chi connectivity index (χ1) is 7.86. The standard InChI is InChI=1S/C13H13NO2/c1-15-12-8-4-3-6-10(12)11-7-5-9-14-13(11)16-2/h3-9H,1-2H3. The summed E-state index contributed by atoms with van der Waals surface area (Å²) in [7, 11) is 3.27. The summed E-state index contributed by atoms with van der Waals surface area (Å²) in [5, 5.41) is 0. The fourth-order valence-electron chi connectivity index (χ4n) is 1.63. The Labute approximate surface area is 94.7 Å². The van der Waals surface area contributed by atoms with Crippen LogP contribution in [0.5, 0.6) is 11.6 Å². The lowest BCUT2D eigenvalue weighted by atomic mass is 10.1. The number of benzene rings is 1. The molecule has 0 amide bonds.